The number of benzene rings is 1. The zero-order valence-corrected chi connectivity index (χ0v) is 10.1. The second-order valence-electron chi connectivity index (χ2n) is 4.61. The van der Waals surface area contributed by atoms with Crippen molar-refractivity contribution in [1.29, 1.82) is 0 Å². The molecule has 0 N–H and O–H groups in total. The van der Waals surface area contributed by atoms with Gasteiger partial charge in [0, 0.05) is 19.6 Å². The number of oxazole rings is 1. The van der Waals surface area contributed by atoms with Gasteiger partial charge in [-0.3, -0.25) is 0 Å². The molecule has 0 saturated carbocycles. The molecule has 1 aromatic carbocycles. The van der Waals surface area contributed by atoms with Crippen LogP contribution in [0.2, 0.25) is 0 Å². The predicted molar refractivity (Wildman–Crippen MR) is 68.3 cm³/mol. The lowest BCUT2D eigenvalue weighted by Crippen LogP contribution is -2.28. The van der Waals surface area contributed by atoms with Gasteiger partial charge in [0.1, 0.15) is 5.52 Å². The van der Waals surface area contributed by atoms with Crippen LogP contribution in [0.4, 0.5) is 6.01 Å². The summed E-state index contributed by atoms with van der Waals surface area (Å²) >= 11 is 0. The minimum absolute atomic E-state index is 0.765. The molecule has 3 rings (SSSR count). The number of likely N-dealkylation sites (N-methyl/N-ethyl adjacent to an activating group) is 1. The normalized spacial score (nSPS) is 18.5. The first-order valence-corrected chi connectivity index (χ1v) is 6.12. The van der Waals surface area contributed by atoms with Crippen LogP contribution in [0.5, 0.6) is 0 Å². The molecule has 0 bridgehead atoms. The number of nitrogens with zero attached hydrogens (tertiary/aromatic N) is 3. The number of hydrogen-bond acceptors (Lipinski definition) is 4. The fourth-order valence-corrected chi connectivity index (χ4v) is 2.23. The Morgan fingerprint density at radius 2 is 2.00 bits per heavy atom. The minimum Gasteiger partial charge on any atom is -0.423 e. The second-order valence-corrected chi connectivity index (χ2v) is 4.61. The second kappa shape index (κ2) is 4.37. The summed E-state index contributed by atoms with van der Waals surface area (Å²) in [4.78, 5) is 9.13. The molecule has 4 heteroatoms. The standard InChI is InChI=1S/C13H17N3O/c1-15-7-4-8-16(10-9-15)13-14-11-5-2-3-6-12(11)17-13/h2-3,5-6H,4,7-10H2,1H3. The van der Waals surface area contributed by atoms with Crippen molar-refractivity contribution in [1.82, 2.24) is 9.88 Å². The van der Waals surface area contributed by atoms with E-state index in [-0.39, 0.29) is 0 Å². The average Bonchev–Trinajstić information content (AvgIpc) is 2.65. The third kappa shape index (κ3) is 2.13. The van der Waals surface area contributed by atoms with E-state index >= 15 is 0 Å². The summed E-state index contributed by atoms with van der Waals surface area (Å²) in [5.74, 6) is 0. The topological polar surface area (TPSA) is 32.5 Å². The average molecular weight is 231 g/mol. The van der Waals surface area contributed by atoms with E-state index in [0.717, 1.165) is 49.7 Å². The van der Waals surface area contributed by atoms with E-state index in [1.54, 1.807) is 0 Å². The Hall–Kier alpha value is -1.55. The smallest absolute Gasteiger partial charge is 0.298 e. The van der Waals surface area contributed by atoms with Gasteiger partial charge in [0.05, 0.1) is 0 Å². The van der Waals surface area contributed by atoms with Gasteiger partial charge in [-0.25, -0.2) is 0 Å². The van der Waals surface area contributed by atoms with E-state index < -0.39 is 0 Å². The van der Waals surface area contributed by atoms with Crippen LogP contribution < -0.4 is 4.90 Å². The quantitative estimate of drug-likeness (QED) is 0.751. The highest BCUT2D eigenvalue weighted by atomic mass is 16.4. The first-order valence-electron chi connectivity index (χ1n) is 6.12. The predicted octanol–water partition coefficient (Wildman–Crippen LogP) is 1.97. The first-order chi connectivity index (χ1) is 8.33. The lowest BCUT2D eigenvalue weighted by Gasteiger charge is -2.17. The number of fused-ring (bicyclic) bond motifs is 1. The van der Waals surface area contributed by atoms with Gasteiger partial charge in [-0.2, -0.15) is 4.98 Å². The van der Waals surface area contributed by atoms with Crippen LogP contribution in [0.25, 0.3) is 11.1 Å². The van der Waals surface area contributed by atoms with E-state index in [0.29, 0.717) is 0 Å². The number of hydrogen-bond donors (Lipinski definition) is 0. The molecule has 0 radical (unpaired) electrons. The molecule has 1 fully saturated rings. The van der Waals surface area contributed by atoms with Crippen molar-refractivity contribution >= 4 is 17.1 Å². The molecule has 4 nitrogen and oxygen atoms in total. The van der Waals surface area contributed by atoms with Crippen LogP contribution in [0.1, 0.15) is 6.42 Å². The number of rotatable bonds is 1. The van der Waals surface area contributed by atoms with E-state index in [9.17, 15) is 0 Å². The Kier molecular flexibility index (Phi) is 2.73. The Labute approximate surface area is 101 Å². The molecule has 0 aliphatic carbocycles. The molecule has 1 aliphatic rings. The van der Waals surface area contributed by atoms with Gasteiger partial charge in [0.25, 0.3) is 6.01 Å². The van der Waals surface area contributed by atoms with Crippen molar-refractivity contribution < 1.29 is 4.42 Å². The van der Waals surface area contributed by atoms with Gasteiger partial charge < -0.3 is 14.2 Å². The van der Waals surface area contributed by atoms with Crippen LogP contribution in [-0.4, -0.2) is 43.1 Å². The fourth-order valence-electron chi connectivity index (χ4n) is 2.23. The Bertz CT molecular complexity index is 475. The number of para-hydroxylation sites is 2. The monoisotopic (exact) mass is 231 g/mol. The van der Waals surface area contributed by atoms with Crippen LogP contribution in [0, 0.1) is 0 Å². The third-order valence-electron chi connectivity index (χ3n) is 3.27. The maximum Gasteiger partial charge on any atom is 0.298 e. The molecule has 1 aromatic heterocycles. The Morgan fingerprint density at radius 1 is 1.12 bits per heavy atom. The molecule has 0 atom stereocenters. The van der Waals surface area contributed by atoms with Gasteiger partial charge in [-0.15, -0.1) is 0 Å². The van der Waals surface area contributed by atoms with Gasteiger partial charge in [-0.1, -0.05) is 12.1 Å². The molecule has 90 valence electrons. The molecule has 2 aromatic rings. The van der Waals surface area contributed by atoms with Crippen molar-refractivity contribution in [3.63, 3.8) is 0 Å². The minimum atomic E-state index is 0.765. The summed E-state index contributed by atoms with van der Waals surface area (Å²) in [6, 6.07) is 8.70. The van der Waals surface area contributed by atoms with Crippen LogP contribution in [-0.2, 0) is 0 Å². The summed E-state index contributed by atoms with van der Waals surface area (Å²) < 4.78 is 5.79. The molecular weight excluding hydrogens is 214 g/mol. The van der Waals surface area contributed by atoms with Crippen molar-refractivity contribution in [2.24, 2.45) is 0 Å². The van der Waals surface area contributed by atoms with Crippen molar-refractivity contribution in [2.45, 2.75) is 6.42 Å². The lowest BCUT2D eigenvalue weighted by atomic mass is 10.3. The molecular formula is C13H17N3O. The zero-order valence-electron chi connectivity index (χ0n) is 10.1. The van der Waals surface area contributed by atoms with Gasteiger partial charge in [0.2, 0.25) is 0 Å². The molecule has 2 heterocycles. The highest BCUT2D eigenvalue weighted by molar-refractivity contribution is 5.74. The lowest BCUT2D eigenvalue weighted by molar-refractivity contribution is 0.359. The van der Waals surface area contributed by atoms with Gasteiger partial charge in [0.15, 0.2) is 5.58 Å². The third-order valence-corrected chi connectivity index (χ3v) is 3.27. The summed E-state index contributed by atoms with van der Waals surface area (Å²) in [6.07, 6.45) is 1.16. The summed E-state index contributed by atoms with van der Waals surface area (Å²) in [7, 11) is 2.16. The molecule has 1 aliphatic heterocycles. The van der Waals surface area contributed by atoms with E-state index in [2.05, 4.69) is 21.8 Å². The highest BCUT2D eigenvalue weighted by Gasteiger charge is 2.17. The largest absolute Gasteiger partial charge is 0.423 e. The van der Waals surface area contributed by atoms with Crippen LogP contribution in [0.15, 0.2) is 28.7 Å². The zero-order chi connectivity index (χ0) is 11.7. The Balaban J connectivity index is 1.87. The summed E-state index contributed by atoms with van der Waals surface area (Å²) in [5, 5.41) is 0. The first kappa shape index (κ1) is 10.6. The molecule has 17 heavy (non-hydrogen) atoms. The number of aromatic nitrogens is 1. The SMILES string of the molecule is CN1CCCN(c2nc3ccccc3o2)CC1. The fraction of sp³-hybridized carbons (Fsp3) is 0.462. The van der Waals surface area contributed by atoms with Gasteiger partial charge in [-0.05, 0) is 32.1 Å². The van der Waals surface area contributed by atoms with E-state index in [4.69, 9.17) is 4.42 Å². The Morgan fingerprint density at radius 3 is 2.88 bits per heavy atom. The van der Waals surface area contributed by atoms with Gasteiger partial charge >= 0.3 is 0 Å². The molecule has 0 amide bonds. The summed E-state index contributed by atoms with van der Waals surface area (Å²) in [6.45, 7) is 4.23. The summed E-state index contributed by atoms with van der Waals surface area (Å²) in [5.41, 5.74) is 1.82. The maximum atomic E-state index is 5.79. The molecule has 0 spiro atoms. The van der Waals surface area contributed by atoms with Crippen molar-refractivity contribution in [3.05, 3.63) is 24.3 Å². The van der Waals surface area contributed by atoms with Crippen LogP contribution >= 0.6 is 0 Å². The van der Waals surface area contributed by atoms with E-state index in [1.807, 2.05) is 24.3 Å². The van der Waals surface area contributed by atoms with E-state index in [1.165, 1.54) is 0 Å². The van der Waals surface area contributed by atoms with Crippen molar-refractivity contribution in [3.8, 4) is 0 Å². The molecule has 0 unspecified atom stereocenters. The molecule has 1 saturated heterocycles. The highest BCUT2D eigenvalue weighted by Crippen LogP contribution is 2.22. The van der Waals surface area contributed by atoms with Crippen LogP contribution in [0.3, 0.4) is 0 Å². The number of anilines is 1. The maximum absolute atomic E-state index is 5.79. The van der Waals surface area contributed by atoms with Crippen molar-refractivity contribution in [2.75, 3.05) is 38.1 Å².